The van der Waals surface area contributed by atoms with Crippen LogP contribution in [-0.2, 0) is 0 Å². The summed E-state index contributed by atoms with van der Waals surface area (Å²) in [6, 6.07) is 19.7. The Morgan fingerprint density at radius 1 is 1.03 bits per heavy atom. The minimum absolute atomic E-state index is 0.116. The van der Waals surface area contributed by atoms with Crippen molar-refractivity contribution in [3.8, 4) is 11.1 Å². The van der Waals surface area contributed by atoms with E-state index in [4.69, 9.17) is 5.73 Å². The summed E-state index contributed by atoms with van der Waals surface area (Å²) in [4.78, 5) is 21.1. The van der Waals surface area contributed by atoms with E-state index < -0.39 is 0 Å². The van der Waals surface area contributed by atoms with Crippen molar-refractivity contribution in [1.82, 2.24) is 9.97 Å². The second-order valence-corrected chi connectivity index (χ2v) is 7.77. The first-order valence-corrected chi connectivity index (χ1v) is 9.95. The van der Waals surface area contributed by atoms with Crippen LogP contribution in [0.3, 0.4) is 0 Å². The van der Waals surface area contributed by atoms with Gasteiger partial charge in [-0.1, -0.05) is 38.1 Å². The minimum atomic E-state index is -0.116. The van der Waals surface area contributed by atoms with Crippen molar-refractivity contribution in [2.45, 2.75) is 26.7 Å². The van der Waals surface area contributed by atoms with Crippen LogP contribution in [0.4, 0.5) is 11.6 Å². The van der Waals surface area contributed by atoms with E-state index >= 15 is 0 Å². The summed E-state index contributed by atoms with van der Waals surface area (Å²) < 4.78 is 0. The molecule has 1 amide bonds. The fourth-order valence-electron chi connectivity index (χ4n) is 3.47. The maximum absolute atomic E-state index is 12.8. The summed E-state index contributed by atoms with van der Waals surface area (Å²) in [5, 5.41) is 3.94. The number of aromatic nitrogens is 2. The molecule has 0 bridgehead atoms. The Bertz CT molecular complexity index is 1250. The Balaban J connectivity index is 1.64. The first kappa shape index (κ1) is 19.6. The van der Waals surface area contributed by atoms with Gasteiger partial charge in [-0.2, -0.15) is 0 Å². The van der Waals surface area contributed by atoms with Crippen LogP contribution in [0.1, 0.15) is 41.3 Å². The highest BCUT2D eigenvalue weighted by Crippen LogP contribution is 2.29. The third-order valence-corrected chi connectivity index (χ3v) is 5.22. The molecule has 150 valence electrons. The Morgan fingerprint density at radius 3 is 2.67 bits per heavy atom. The van der Waals surface area contributed by atoms with Crippen LogP contribution in [0.5, 0.6) is 0 Å². The molecule has 4 rings (SSSR count). The largest absolute Gasteiger partial charge is 0.368 e. The van der Waals surface area contributed by atoms with E-state index in [1.165, 1.54) is 0 Å². The number of nitrogens with two attached hydrogens (primary N) is 1. The molecule has 5 heteroatoms. The molecule has 0 aliphatic heterocycles. The molecular weight excluding hydrogens is 372 g/mol. The second-order valence-electron chi connectivity index (χ2n) is 7.77. The molecule has 5 nitrogen and oxygen atoms in total. The fraction of sp³-hybridized carbons (Fsp3) is 0.160. The normalized spacial score (nSPS) is 11.1. The number of rotatable bonds is 4. The molecule has 0 fully saturated rings. The van der Waals surface area contributed by atoms with Gasteiger partial charge in [-0.3, -0.25) is 4.79 Å². The van der Waals surface area contributed by atoms with Crippen LogP contribution in [-0.4, -0.2) is 15.9 Å². The maximum Gasteiger partial charge on any atom is 0.255 e. The predicted molar refractivity (Wildman–Crippen MR) is 123 cm³/mol. The Hall–Kier alpha value is -3.73. The first-order valence-electron chi connectivity index (χ1n) is 9.95. The first-order chi connectivity index (χ1) is 14.4. The number of amides is 1. The SMILES string of the molecule is Cc1ccc(NC(=O)c2cccc(C(C)C)c2)cc1-c1ccc2nc(N)ncc2c1. The van der Waals surface area contributed by atoms with E-state index in [2.05, 4.69) is 36.1 Å². The van der Waals surface area contributed by atoms with E-state index in [1.54, 1.807) is 6.20 Å². The molecule has 3 aromatic carbocycles. The summed E-state index contributed by atoms with van der Waals surface area (Å²) >= 11 is 0. The number of nitrogens with zero attached hydrogens (tertiary/aromatic N) is 2. The van der Waals surface area contributed by atoms with Gasteiger partial charge < -0.3 is 11.1 Å². The standard InChI is InChI=1S/C25H24N4O/c1-15(2)17-5-4-6-19(11-17)24(30)28-21-9-7-16(3)22(13-21)18-8-10-23-20(12-18)14-27-25(26)29-23/h4-15H,1-3H3,(H,28,30)(H2,26,27,29). The van der Waals surface area contributed by atoms with Crippen LogP contribution in [0.25, 0.3) is 22.0 Å². The van der Waals surface area contributed by atoms with Crippen molar-refractivity contribution in [2.75, 3.05) is 11.1 Å². The van der Waals surface area contributed by atoms with Gasteiger partial charge in [-0.25, -0.2) is 9.97 Å². The van der Waals surface area contributed by atoms with Crippen molar-refractivity contribution >= 4 is 28.4 Å². The molecule has 0 aliphatic rings. The highest BCUT2D eigenvalue weighted by atomic mass is 16.1. The molecule has 0 radical (unpaired) electrons. The van der Waals surface area contributed by atoms with Crippen LogP contribution in [0.15, 0.2) is 66.9 Å². The van der Waals surface area contributed by atoms with Gasteiger partial charge in [0.05, 0.1) is 5.52 Å². The van der Waals surface area contributed by atoms with Crippen molar-refractivity contribution < 1.29 is 4.79 Å². The fourth-order valence-corrected chi connectivity index (χ4v) is 3.47. The number of anilines is 2. The van der Waals surface area contributed by atoms with Gasteiger partial charge in [-0.05, 0) is 71.5 Å². The van der Waals surface area contributed by atoms with Crippen LogP contribution < -0.4 is 11.1 Å². The smallest absolute Gasteiger partial charge is 0.255 e. The number of carbonyl (C=O) groups is 1. The van der Waals surface area contributed by atoms with Gasteiger partial charge in [0.1, 0.15) is 0 Å². The predicted octanol–water partition coefficient (Wildman–Crippen LogP) is 5.56. The van der Waals surface area contributed by atoms with E-state index in [0.717, 1.165) is 38.8 Å². The zero-order valence-corrected chi connectivity index (χ0v) is 17.3. The highest BCUT2D eigenvalue weighted by Gasteiger charge is 2.11. The summed E-state index contributed by atoms with van der Waals surface area (Å²) in [6.45, 7) is 6.29. The summed E-state index contributed by atoms with van der Waals surface area (Å²) in [5.41, 5.74) is 12.2. The van der Waals surface area contributed by atoms with E-state index in [0.29, 0.717) is 11.5 Å². The van der Waals surface area contributed by atoms with E-state index in [-0.39, 0.29) is 11.9 Å². The number of fused-ring (bicyclic) bond motifs is 1. The third-order valence-electron chi connectivity index (χ3n) is 5.22. The molecule has 30 heavy (non-hydrogen) atoms. The zero-order chi connectivity index (χ0) is 21.3. The molecule has 1 aromatic heterocycles. The minimum Gasteiger partial charge on any atom is -0.368 e. The maximum atomic E-state index is 12.8. The lowest BCUT2D eigenvalue weighted by atomic mass is 9.98. The molecule has 0 spiro atoms. The van der Waals surface area contributed by atoms with Gasteiger partial charge in [0.25, 0.3) is 5.91 Å². The second kappa shape index (κ2) is 7.95. The Kier molecular flexibility index (Phi) is 5.19. The quantitative estimate of drug-likeness (QED) is 0.473. The van der Waals surface area contributed by atoms with Gasteiger partial charge in [0, 0.05) is 22.8 Å². The third kappa shape index (κ3) is 4.01. The van der Waals surface area contributed by atoms with Crippen molar-refractivity contribution in [1.29, 1.82) is 0 Å². The molecule has 0 aliphatic carbocycles. The van der Waals surface area contributed by atoms with Gasteiger partial charge in [0.15, 0.2) is 0 Å². The van der Waals surface area contributed by atoms with Crippen molar-refractivity contribution in [2.24, 2.45) is 0 Å². The van der Waals surface area contributed by atoms with Crippen molar-refractivity contribution in [3.05, 3.63) is 83.6 Å². The van der Waals surface area contributed by atoms with E-state index in [1.807, 2.05) is 60.7 Å². The molecule has 0 saturated carbocycles. The van der Waals surface area contributed by atoms with Crippen LogP contribution >= 0.6 is 0 Å². The average Bonchev–Trinajstić information content (AvgIpc) is 2.74. The molecule has 1 heterocycles. The lowest BCUT2D eigenvalue weighted by Gasteiger charge is -2.12. The Morgan fingerprint density at radius 2 is 1.87 bits per heavy atom. The van der Waals surface area contributed by atoms with E-state index in [9.17, 15) is 4.79 Å². The van der Waals surface area contributed by atoms with Crippen molar-refractivity contribution in [3.63, 3.8) is 0 Å². The van der Waals surface area contributed by atoms with Gasteiger partial charge in [-0.15, -0.1) is 0 Å². The molecule has 0 saturated heterocycles. The monoisotopic (exact) mass is 396 g/mol. The summed E-state index contributed by atoms with van der Waals surface area (Å²) in [5.74, 6) is 0.517. The lowest BCUT2D eigenvalue weighted by molar-refractivity contribution is 0.102. The lowest BCUT2D eigenvalue weighted by Crippen LogP contribution is -2.12. The molecule has 4 aromatic rings. The number of hydrogen-bond donors (Lipinski definition) is 2. The molecular formula is C25H24N4O. The number of aryl methyl sites for hydroxylation is 1. The molecule has 3 N–H and O–H groups in total. The van der Waals surface area contributed by atoms with Crippen LogP contribution in [0, 0.1) is 6.92 Å². The number of benzene rings is 3. The Labute approximate surface area is 176 Å². The van der Waals surface area contributed by atoms with Gasteiger partial charge >= 0.3 is 0 Å². The molecule has 0 atom stereocenters. The molecule has 0 unspecified atom stereocenters. The summed E-state index contributed by atoms with van der Waals surface area (Å²) in [6.07, 6.45) is 1.73. The number of carbonyl (C=O) groups excluding carboxylic acids is 1. The topological polar surface area (TPSA) is 80.9 Å². The highest BCUT2D eigenvalue weighted by molar-refractivity contribution is 6.04. The summed E-state index contributed by atoms with van der Waals surface area (Å²) in [7, 11) is 0. The zero-order valence-electron chi connectivity index (χ0n) is 17.3. The number of nitrogens with one attached hydrogen (secondary N) is 1. The van der Waals surface area contributed by atoms with Gasteiger partial charge in [0.2, 0.25) is 5.95 Å². The van der Waals surface area contributed by atoms with Crippen LogP contribution in [0.2, 0.25) is 0 Å². The number of hydrogen-bond acceptors (Lipinski definition) is 4. The average molecular weight is 396 g/mol. The number of nitrogen functional groups attached to an aromatic ring is 1.